The Kier molecular flexibility index (Phi) is 6.40. The first-order valence-corrected chi connectivity index (χ1v) is 6.34. The topological polar surface area (TPSA) is 90.9 Å². The van der Waals surface area contributed by atoms with Crippen LogP contribution in [0.25, 0.3) is 0 Å². The van der Waals surface area contributed by atoms with Gasteiger partial charge in [0, 0.05) is 0 Å². The SMILES string of the molecule is COC(=O)/C=C(/Nc1c(Cl)cccc1C(=O)OC)C(=O)OC. The van der Waals surface area contributed by atoms with Crippen molar-refractivity contribution >= 4 is 35.2 Å². The third-order valence-corrected chi connectivity index (χ3v) is 2.86. The summed E-state index contributed by atoms with van der Waals surface area (Å²) < 4.78 is 13.7. The molecule has 1 rings (SSSR count). The van der Waals surface area contributed by atoms with Gasteiger partial charge in [-0.25, -0.2) is 14.4 Å². The van der Waals surface area contributed by atoms with Crippen LogP contribution < -0.4 is 5.32 Å². The molecule has 0 unspecified atom stereocenters. The highest BCUT2D eigenvalue weighted by Crippen LogP contribution is 2.28. The lowest BCUT2D eigenvalue weighted by atomic mass is 10.1. The van der Waals surface area contributed by atoms with Crippen molar-refractivity contribution in [3.63, 3.8) is 0 Å². The molecule has 0 saturated carbocycles. The molecule has 1 N–H and O–H groups in total. The first kappa shape index (κ1) is 17.5. The summed E-state index contributed by atoms with van der Waals surface area (Å²) in [5.74, 6) is -2.27. The van der Waals surface area contributed by atoms with Crippen molar-refractivity contribution in [1.29, 1.82) is 0 Å². The fourth-order valence-corrected chi connectivity index (χ4v) is 1.72. The van der Waals surface area contributed by atoms with E-state index in [9.17, 15) is 14.4 Å². The van der Waals surface area contributed by atoms with Crippen LogP contribution in [-0.2, 0) is 23.8 Å². The van der Waals surface area contributed by atoms with E-state index >= 15 is 0 Å². The number of halogens is 1. The summed E-state index contributed by atoms with van der Waals surface area (Å²) in [4.78, 5) is 34.8. The zero-order valence-electron chi connectivity index (χ0n) is 12.1. The maximum absolute atomic E-state index is 11.7. The van der Waals surface area contributed by atoms with Gasteiger partial charge in [-0.1, -0.05) is 17.7 Å². The fourth-order valence-electron chi connectivity index (χ4n) is 1.50. The predicted molar refractivity (Wildman–Crippen MR) is 78.5 cm³/mol. The maximum Gasteiger partial charge on any atom is 0.354 e. The summed E-state index contributed by atoms with van der Waals surface area (Å²) in [5, 5.41) is 2.76. The molecule has 7 nitrogen and oxygen atoms in total. The van der Waals surface area contributed by atoms with Gasteiger partial charge in [-0.15, -0.1) is 0 Å². The van der Waals surface area contributed by atoms with Crippen molar-refractivity contribution in [2.45, 2.75) is 0 Å². The molecule has 0 spiro atoms. The van der Waals surface area contributed by atoms with E-state index in [1.165, 1.54) is 19.2 Å². The first-order chi connectivity index (χ1) is 10.4. The third kappa shape index (κ3) is 4.23. The second-order valence-corrected chi connectivity index (χ2v) is 4.26. The van der Waals surface area contributed by atoms with Crippen LogP contribution in [0.3, 0.4) is 0 Å². The van der Waals surface area contributed by atoms with Crippen LogP contribution in [0.5, 0.6) is 0 Å². The standard InChI is InChI=1S/C14H14ClNO6/c1-20-11(17)7-10(14(19)22-3)16-12-8(13(18)21-2)5-4-6-9(12)15/h4-7,16H,1-3H3/b10-7+. The number of rotatable bonds is 5. The van der Waals surface area contributed by atoms with Gasteiger partial charge >= 0.3 is 17.9 Å². The monoisotopic (exact) mass is 327 g/mol. The van der Waals surface area contributed by atoms with Crippen LogP contribution in [0.4, 0.5) is 5.69 Å². The molecule has 0 atom stereocenters. The Bertz CT molecular complexity index is 626. The highest BCUT2D eigenvalue weighted by Gasteiger charge is 2.19. The number of hydrogen-bond acceptors (Lipinski definition) is 7. The fraction of sp³-hybridized carbons (Fsp3) is 0.214. The number of methoxy groups -OCH3 is 3. The predicted octanol–water partition coefficient (Wildman–Crippen LogP) is 1.77. The van der Waals surface area contributed by atoms with Crippen molar-refractivity contribution in [1.82, 2.24) is 0 Å². The largest absolute Gasteiger partial charge is 0.466 e. The van der Waals surface area contributed by atoms with Gasteiger partial charge in [0.25, 0.3) is 0 Å². The van der Waals surface area contributed by atoms with Gasteiger partial charge in [0.2, 0.25) is 0 Å². The molecule has 0 amide bonds. The number of carbonyl (C=O) groups excluding carboxylic acids is 3. The van der Waals surface area contributed by atoms with Crippen molar-refractivity contribution in [2.75, 3.05) is 26.6 Å². The van der Waals surface area contributed by atoms with Crippen LogP contribution in [-0.4, -0.2) is 39.2 Å². The van der Waals surface area contributed by atoms with Gasteiger partial charge in [-0.05, 0) is 12.1 Å². The van der Waals surface area contributed by atoms with Gasteiger partial charge in [-0.2, -0.15) is 0 Å². The van der Waals surface area contributed by atoms with E-state index in [4.69, 9.17) is 11.6 Å². The van der Waals surface area contributed by atoms with Gasteiger partial charge in [-0.3, -0.25) is 0 Å². The van der Waals surface area contributed by atoms with E-state index < -0.39 is 17.9 Å². The average molecular weight is 328 g/mol. The van der Waals surface area contributed by atoms with Crippen molar-refractivity contribution < 1.29 is 28.6 Å². The van der Waals surface area contributed by atoms with Gasteiger partial charge in [0.05, 0.1) is 43.7 Å². The molecule has 0 saturated heterocycles. The molecule has 0 aliphatic carbocycles. The Balaban J connectivity index is 3.29. The number of benzene rings is 1. The average Bonchev–Trinajstić information content (AvgIpc) is 2.53. The minimum absolute atomic E-state index is 0.0923. The number of hydrogen-bond donors (Lipinski definition) is 1. The van der Waals surface area contributed by atoms with Gasteiger partial charge in [0.15, 0.2) is 0 Å². The molecule has 0 fully saturated rings. The quantitative estimate of drug-likeness (QED) is 0.500. The molecule has 8 heteroatoms. The Morgan fingerprint density at radius 2 is 1.77 bits per heavy atom. The van der Waals surface area contributed by atoms with Crippen molar-refractivity contribution in [3.05, 3.63) is 40.6 Å². The molecule has 0 heterocycles. The zero-order chi connectivity index (χ0) is 16.7. The van der Waals surface area contributed by atoms with Crippen molar-refractivity contribution in [3.8, 4) is 0 Å². The van der Waals surface area contributed by atoms with Crippen LogP contribution >= 0.6 is 11.6 Å². The number of anilines is 1. The van der Waals surface area contributed by atoms with Crippen LogP contribution in [0, 0.1) is 0 Å². The number of nitrogens with one attached hydrogen (secondary N) is 1. The molecule has 22 heavy (non-hydrogen) atoms. The molecule has 118 valence electrons. The maximum atomic E-state index is 11.7. The van der Waals surface area contributed by atoms with Gasteiger partial charge in [0.1, 0.15) is 5.70 Å². The Morgan fingerprint density at radius 3 is 2.32 bits per heavy atom. The second-order valence-electron chi connectivity index (χ2n) is 3.85. The lowest BCUT2D eigenvalue weighted by Crippen LogP contribution is -2.17. The summed E-state index contributed by atoms with van der Waals surface area (Å²) in [6, 6.07) is 4.50. The first-order valence-electron chi connectivity index (χ1n) is 5.96. The summed E-state index contributed by atoms with van der Waals surface area (Å²) in [6.07, 6.45) is 0.885. The minimum atomic E-state index is -0.832. The number of ether oxygens (including phenoxy) is 3. The Morgan fingerprint density at radius 1 is 1.09 bits per heavy atom. The molecular weight excluding hydrogens is 314 g/mol. The summed E-state index contributed by atoms with van der Waals surface area (Å²) in [5.41, 5.74) is -0.0427. The summed E-state index contributed by atoms with van der Waals surface area (Å²) in [7, 11) is 3.50. The molecular formula is C14H14ClNO6. The molecule has 1 aromatic carbocycles. The van der Waals surface area contributed by atoms with Crippen LogP contribution in [0.2, 0.25) is 5.02 Å². The van der Waals surface area contributed by atoms with Crippen LogP contribution in [0.1, 0.15) is 10.4 Å². The lowest BCUT2D eigenvalue weighted by Gasteiger charge is -2.13. The normalized spacial score (nSPS) is 10.6. The smallest absolute Gasteiger partial charge is 0.354 e. The van der Waals surface area contributed by atoms with E-state index in [1.54, 1.807) is 6.07 Å². The molecule has 0 aliphatic heterocycles. The number of carbonyl (C=O) groups is 3. The molecule has 0 aliphatic rings. The molecule has 0 aromatic heterocycles. The molecule has 0 bridgehead atoms. The third-order valence-electron chi connectivity index (χ3n) is 2.55. The highest BCUT2D eigenvalue weighted by molar-refractivity contribution is 6.34. The highest BCUT2D eigenvalue weighted by atomic mass is 35.5. The van der Waals surface area contributed by atoms with Crippen molar-refractivity contribution in [2.24, 2.45) is 0 Å². The zero-order valence-corrected chi connectivity index (χ0v) is 12.9. The van der Waals surface area contributed by atoms with Crippen LogP contribution in [0.15, 0.2) is 30.0 Å². The van der Waals surface area contributed by atoms with E-state index in [0.29, 0.717) is 0 Å². The number of esters is 3. The van der Waals surface area contributed by atoms with E-state index in [2.05, 4.69) is 19.5 Å². The summed E-state index contributed by atoms with van der Waals surface area (Å²) >= 11 is 6.03. The van der Waals surface area contributed by atoms with Gasteiger partial charge < -0.3 is 19.5 Å². The Hall–Kier alpha value is -2.54. The molecule has 1 aromatic rings. The van der Waals surface area contributed by atoms with E-state index in [1.807, 2.05) is 0 Å². The second kappa shape index (κ2) is 8.04. The number of para-hydroxylation sites is 1. The lowest BCUT2D eigenvalue weighted by molar-refractivity contribution is -0.138. The minimum Gasteiger partial charge on any atom is -0.466 e. The molecule has 0 radical (unpaired) electrons. The van der Waals surface area contributed by atoms with E-state index in [-0.39, 0.29) is 22.0 Å². The Labute approximate surface area is 131 Å². The van der Waals surface area contributed by atoms with E-state index in [0.717, 1.165) is 20.3 Å². The summed E-state index contributed by atoms with van der Waals surface area (Å²) in [6.45, 7) is 0.